The van der Waals surface area contributed by atoms with E-state index in [1.165, 1.54) is 0 Å². The Kier molecular flexibility index (Phi) is 3.83. The monoisotopic (exact) mass is 286 g/mol. The highest BCUT2D eigenvalue weighted by Crippen LogP contribution is 2.18. The number of hydrogen-bond acceptors (Lipinski definition) is 1. The molecule has 2 aromatic carbocycles. The van der Waals surface area contributed by atoms with Crippen molar-refractivity contribution in [2.45, 2.75) is 6.42 Å². The van der Waals surface area contributed by atoms with E-state index in [9.17, 15) is 26.7 Å². The number of carbonyl (C=O) groups is 1. The second-order valence-electron chi connectivity index (χ2n) is 4.08. The minimum absolute atomic E-state index is 0.209. The van der Waals surface area contributed by atoms with Crippen molar-refractivity contribution in [2.75, 3.05) is 0 Å². The molecule has 0 unspecified atom stereocenters. The van der Waals surface area contributed by atoms with E-state index in [0.717, 1.165) is 12.1 Å². The first-order chi connectivity index (χ1) is 9.38. The summed E-state index contributed by atoms with van der Waals surface area (Å²) in [6.07, 6.45) is -0.661. The molecule has 104 valence electrons. The SMILES string of the molecule is O=C(Cc1ccc(F)cc1F)c1c(F)cc(F)cc1F. The van der Waals surface area contributed by atoms with Crippen LogP contribution in [0.3, 0.4) is 0 Å². The van der Waals surface area contributed by atoms with E-state index >= 15 is 0 Å². The van der Waals surface area contributed by atoms with Crippen LogP contribution >= 0.6 is 0 Å². The van der Waals surface area contributed by atoms with Gasteiger partial charge in [0.1, 0.15) is 29.1 Å². The van der Waals surface area contributed by atoms with Crippen molar-refractivity contribution in [1.82, 2.24) is 0 Å². The lowest BCUT2D eigenvalue weighted by molar-refractivity contribution is 0.0983. The molecule has 6 heteroatoms. The minimum atomic E-state index is -1.37. The Hall–Kier alpha value is -2.24. The maximum Gasteiger partial charge on any atom is 0.173 e. The third kappa shape index (κ3) is 2.84. The predicted molar refractivity (Wildman–Crippen MR) is 60.7 cm³/mol. The van der Waals surface area contributed by atoms with Crippen molar-refractivity contribution in [3.63, 3.8) is 0 Å². The standard InChI is InChI=1S/C14H7F5O/c15-8-2-1-7(10(17)4-8)3-13(20)14-11(18)5-9(16)6-12(14)19/h1-2,4-6H,3H2. The largest absolute Gasteiger partial charge is 0.294 e. The fraction of sp³-hybridized carbons (Fsp3) is 0.0714. The Balaban J connectivity index is 2.33. The molecule has 0 aliphatic carbocycles. The molecule has 2 aromatic rings. The first-order valence-corrected chi connectivity index (χ1v) is 5.50. The molecular weight excluding hydrogens is 279 g/mol. The molecule has 0 fully saturated rings. The summed E-state index contributed by atoms with van der Waals surface area (Å²) in [5, 5.41) is 0. The van der Waals surface area contributed by atoms with Gasteiger partial charge in [0.25, 0.3) is 0 Å². The molecule has 2 rings (SSSR count). The summed E-state index contributed by atoms with van der Waals surface area (Å²) in [7, 11) is 0. The Labute approximate surface area is 110 Å². The Morgan fingerprint density at radius 1 is 0.800 bits per heavy atom. The van der Waals surface area contributed by atoms with E-state index in [4.69, 9.17) is 0 Å². The van der Waals surface area contributed by atoms with Crippen molar-refractivity contribution in [2.24, 2.45) is 0 Å². The van der Waals surface area contributed by atoms with Gasteiger partial charge in [0.15, 0.2) is 5.78 Å². The minimum Gasteiger partial charge on any atom is -0.294 e. The van der Waals surface area contributed by atoms with Gasteiger partial charge in [-0.05, 0) is 11.6 Å². The zero-order valence-corrected chi connectivity index (χ0v) is 9.89. The molecule has 1 nitrogen and oxygen atoms in total. The normalized spacial score (nSPS) is 10.7. The number of rotatable bonds is 3. The summed E-state index contributed by atoms with van der Waals surface area (Å²) in [6, 6.07) is 3.19. The zero-order valence-electron chi connectivity index (χ0n) is 9.89. The van der Waals surface area contributed by atoms with Gasteiger partial charge < -0.3 is 0 Å². The summed E-state index contributed by atoms with van der Waals surface area (Å²) in [5.74, 6) is -6.79. The highest BCUT2D eigenvalue weighted by molar-refractivity contribution is 5.98. The average Bonchev–Trinajstić information content (AvgIpc) is 2.31. The fourth-order valence-corrected chi connectivity index (χ4v) is 1.73. The Morgan fingerprint density at radius 2 is 1.35 bits per heavy atom. The summed E-state index contributed by atoms with van der Waals surface area (Å²) >= 11 is 0. The van der Waals surface area contributed by atoms with Crippen LogP contribution in [0.25, 0.3) is 0 Å². The number of ketones is 1. The number of Topliss-reactive ketones (excluding diaryl/α,β-unsaturated/α-hetero) is 1. The Morgan fingerprint density at radius 3 is 1.90 bits per heavy atom. The van der Waals surface area contributed by atoms with Crippen LogP contribution in [0.2, 0.25) is 0 Å². The third-order valence-corrected chi connectivity index (χ3v) is 2.65. The van der Waals surface area contributed by atoms with Crippen LogP contribution in [-0.4, -0.2) is 5.78 Å². The fourth-order valence-electron chi connectivity index (χ4n) is 1.73. The van der Waals surface area contributed by atoms with Gasteiger partial charge in [-0.2, -0.15) is 0 Å². The molecule has 0 aliphatic heterocycles. The molecule has 0 atom stereocenters. The van der Waals surface area contributed by atoms with Crippen molar-refractivity contribution >= 4 is 5.78 Å². The Bertz CT molecular complexity index is 658. The quantitative estimate of drug-likeness (QED) is 0.619. The van der Waals surface area contributed by atoms with Crippen LogP contribution in [-0.2, 0) is 6.42 Å². The molecule has 0 N–H and O–H groups in total. The molecule has 0 saturated carbocycles. The van der Waals surface area contributed by atoms with E-state index in [1.54, 1.807) is 0 Å². The van der Waals surface area contributed by atoms with Crippen molar-refractivity contribution in [1.29, 1.82) is 0 Å². The van der Waals surface area contributed by atoms with Gasteiger partial charge in [-0.3, -0.25) is 4.79 Å². The van der Waals surface area contributed by atoms with E-state index in [2.05, 4.69) is 0 Å². The number of halogens is 5. The van der Waals surface area contributed by atoms with Crippen LogP contribution in [0.1, 0.15) is 15.9 Å². The van der Waals surface area contributed by atoms with Gasteiger partial charge in [-0.1, -0.05) is 6.07 Å². The van der Waals surface area contributed by atoms with E-state index in [-0.39, 0.29) is 5.56 Å². The predicted octanol–water partition coefficient (Wildman–Crippen LogP) is 3.81. The maximum atomic E-state index is 13.4. The molecule has 0 bridgehead atoms. The lowest BCUT2D eigenvalue weighted by Gasteiger charge is -2.06. The van der Waals surface area contributed by atoms with Crippen LogP contribution in [0, 0.1) is 29.1 Å². The molecule has 0 radical (unpaired) electrons. The second kappa shape index (κ2) is 5.40. The summed E-state index contributed by atoms with van der Waals surface area (Å²) in [5.41, 5.74) is -1.16. The summed E-state index contributed by atoms with van der Waals surface area (Å²) < 4.78 is 65.5. The number of hydrogen-bond donors (Lipinski definition) is 0. The molecule has 20 heavy (non-hydrogen) atoms. The van der Waals surface area contributed by atoms with Gasteiger partial charge in [-0.15, -0.1) is 0 Å². The van der Waals surface area contributed by atoms with Crippen LogP contribution < -0.4 is 0 Å². The van der Waals surface area contributed by atoms with E-state index < -0.39 is 46.9 Å². The molecule has 0 spiro atoms. The zero-order chi connectivity index (χ0) is 14.9. The lowest BCUT2D eigenvalue weighted by Crippen LogP contribution is -2.11. The van der Waals surface area contributed by atoms with Gasteiger partial charge in [0, 0.05) is 24.6 Å². The van der Waals surface area contributed by atoms with Crippen molar-refractivity contribution in [3.05, 3.63) is 70.5 Å². The summed E-state index contributed by atoms with van der Waals surface area (Å²) in [4.78, 5) is 11.7. The van der Waals surface area contributed by atoms with Crippen molar-refractivity contribution in [3.8, 4) is 0 Å². The molecule has 0 saturated heterocycles. The highest BCUT2D eigenvalue weighted by Gasteiger charge is 2.20. The lowest BCUT2D eigenvalue weighted by atomic mass is 10.0. The van der Waals surface area contributed by atoms with Crippen LogP contribution in [0.5, 0.6) is 0 Å². The van der Waals surface area contributed by atoms with E-state index in [1.807, 2.05) is 0 Å². The van der Waals surface area contributed by atoms with Crippen LogP contribution in [0.4, 0.5) is 22.0 Å². The number of carbonyl (C=O) groups excluding carboxylic acids is 1. The molecule has 0 amide bonds. The van der Waals surface area contributed by atoms with E-state index in [0.29, 0.717) is 18.2 Å². The smallest absolute Gasteiger partial charge is 0.173 e. The van der Waals surface area contributed by atoms with Gasteiger partial charge in [0.2, 0.25) is 0 Å². The summed E-state index contributed by atoms with van der Waals surface area (Å²) in [6.45, 7) is 0. The maximum absolute atomic E-state index is 13.4. The number of benzene rings is 2. The van der Waals surface area contributed by atoms with Crippen molar-refractivity contribution < 1.29 is 26.7 Å². The molecule has 0 aromatic heterocycles. The van der Waals surface area contributed by atoms with Gasteiger partial charge in [0.05, 0.1) is 5.56 Å². The second-order valence-corrected chi connectivity index (χ2v) is 4.08. The molecular formula is C14H7F5O. The first-order valence-electron chi connectivity index (χ1n) is 5.50. The third-order valence-electron chi connectivity index (χ3n) is 2.65. The molecule has 0 aliphatic rings. The van der Waals surface area contributed by atoms with Gasteiger partial charge >= 0.3 is 0 Å². The average molecular weight is 286 g/mol. The van der Waals surface area contributed by atoms with Gasteiger partial charge in [-0.25, -0.2) is 22.0 Å². The van der Waals surface area contributed by atoms with Crippen LogP contribution in [0.15, 0.2) is 30.3 Å². The topological polar surface area (TPSA) is 17.1 Å². The first kappa shape index (κ1) is 14.2. The molecule has 0 heterocycles. The highest BCUT2D eigenvalue weighted by atomic mass is 19.2.